The Morgan fingerprint density at radius 1 is 1.50 bits per heavy atom. The summed E-state index contributed by atoms with van der Waals surface area (Å²) in [6.45, 7) is 1.15. The summed E-state index contributed by atoms with van der Waals surface area (Å²) < 4.78 is 32.4. The molecule has 108 valence electrons. The van der Waals surface area contributed by atoms with Crippen LogP contribution in [0.3, 0.4) is 0 Å². The number of aryl methyl sites for hydroxylation is 1. The molecule has 0 aromatic carbocycles. The summed E-state index contributed by atoms with van der Waals surface area (Å²) in [6.07, 6.45) is 0.425. The molecule has 0 N–H and O–H groups in total. The molecule has 0 saturated heterocycles. The molecule has 0 aliphatic carbocycles. The van der Waals surface area contributed by atoms with Crippen LogP contribution in [0, 0.1) is 0 Å². The molecule has 20 heavy (non-hydrogen) atoms. The van der Waals surface area contributed by atoms with E-state index in [2.05, 4.69) is 15.4 Å². The van der Waals surface area contributed by atoms with E-state index in [0.29, 0.717) is 5.56 Å². The van der Waals surface area contributed by atoms with Crippen LogP contribution in [0.4, 0.5) is 8.78 Å². The molecule has 0 fully saturated rings. The van der Waals surface area contributed by atoms with Crippen molar-refractivity contribution >= 4 is 5.97 Å². The van der Waals surface area contributed by atoms with Gasteiger partial charge in [-0.25, -0.2) is 18.3 Å². The second-order valence-corrected chi connectivity index (χ2v) is 3.98. The lowest BCUT2D eigenvalue weighted by atomic mass is 10.2. The lowest BCUT2D eigenvalue weighted by Crippen LogP contribution is -2.11. The van der Waals surface area contributed by atoms with Crippen LogP contribution >= 0.6 is 0 Å². The van der Waals surface area contributed by atoms with Gasteiger partial charge in [0.2, 0.25) is 0 Å². The Balaban J connectivity index is 2.47. The Morgan fingerprint density at radius 3 is 2.80 bits per heavy atom. The Hall–Kier alpha value is -2.32. The standard InChI is InChI=1S/C11H13F2N5O2/c1-3-20-11(19)9-10(7-4-14-17(2)5-7)18(16-15-9)6-8(12)13/h4-5,8H,3,6H2,1-2H3. The summed E-state index contributed by atoms with van der Waals surface area (Å²) in [7, 11) is 1.68. The summed E-state index contributed by atoms with van der Waals surface area (Å²) in [5, 5.41) is 11.2. The van der Waals surface area contributed by atoms with Gasteiger partial charge in [-0.3, -0.25) is 4.68 Å². The molecule has 0 amide bonds. The molecule has 0 unspecified atom stereocenters. The molecule has 0 saturated carbocycles. The van der Waals surface area contributed by atoms with Gasteiger partial charge in [0, 0.05) is 18.8 Å². The van der Waals surface area contributed by atoms with Gasteiger partial charge in [-0.15, -0.1) is 5.10 Å². The van der Waals surface area contributed by atoms with Gasteiger partial charge in [0.25, 0.3) is 6.43 Å². The van der Waals surface area contributed by atoms with Crippen LogP contribution in [0.2, 0.25) is 0 Å². The first-order valence-corrected chi connectivity index (χ1v) is 5.90. The fourth-order valence-corrected chi connectivity index (χ4v) is 1.74. The van der Waals surface area contributed by atoms with Crippen LogP contribution in [0.1, 0.15) is 17.4 Å². The second kappa shape index (κ2) is 5.76. The Labute approximate surface area is 113 Å². The number of hydrogen-bond donors (Lipinski definition) is 0. The van der Waals surface area contributed by atoms with Crippen molar-refractivity contribution in [3.63, 3.8) is 0 Å². The van der Waals surface area contributed by atoms with E-state index in [0.717, 1.165) is 4.68 Å². The smallest absolute Gasteiger partial charge is 0.361 e. The highest BCUT2D eigenvalue weighted by Crippen LogP contribution is 2.23. The average molecular weight is 285 g/mol. The highest BCUT2D eigenvalue weighted by atomic mass is 19.3. The number of alkyl halides is 2. The molecule has 0 aliphatic heterocycles. The molecule has 0 atom stereocenters. The quantitative estimate of drug-likeness (QED) is 0.770. The zero-order valence-electron chi connectivity index (χ0n) is 11.0. The maximum absolute atomic E-state index is 12.6. The minimum Gasteiger partial charge on any atom is -0.461 e. The molecule has 7 nitrogen and oxygen atoms in total. The van der Waals surface area contributed by atoms with E-state index in [-0.39, 0.29) is 18.0 Å². The molecular weight excluding hydrogens is 272 g/mol. The summed E-state index contributed by atoms with van der Waals surface area (Å²) in [4.78, 5) is 11.8. The third-order valence-corrected chi connectivity index (χ3v) is 2.49. The molecule has 0 bridgehead atoms. The number of esters is 1. The predicted molar refractivity (Wildman–Crippen MR) is 64.2 cm³/mol. The molecule has 0 spiro atoms. The normalized spacial score (nSPS) is 11.1. The first-order chi connectivity index (χ1) is 9.52. The van der Waals surface area contributed by atoms with Crippen LogP contribution in [-0.2, 0) is 18.3 Å². The summed E-state index contributed by atoms with van der Waals surface area (Å²) in [5.74, 6) is -0.702. The zero-order valence-corrected chi connectivity index (χ0v) is 11.0. The van der Waals surface area contributed by atoms with E-state index in [9.17, 15) is 13.6 Å². The Morgan fingerprint density at radius 2 is 2.25 bits per heavy atom. The van der Waals surface area contributed by atoms with Gasteiger partial charge in [-0.2, -0.15) is 5.10 Å². The minimum atomic E-state index is -2.61. The van der Waals surface area contributed by atoms with E-state index in [1.165, 1.54) is 10.9 Å². The van der Waals surface area contributed by atoms with E-state index in [4.69, 9.17) is 4.74 Å². The van der Waals surface area contributed by atoms with Gasteiger partial charge < -0.3 is 4.74 Å². The summed E-state index contributed by atoms with van der Waals surface area (Å²) in [5.41, 5.74) is 0.554. The van der Waals surface area contributed by atoms with Crippen molar-refractivity contribution in [2.75, 3.05) is 6.61 Å². The molecule has 2 heterocycles. The average Bonchev–Trinajstić information content (AvgIpc) is 2.95. The fraction of sp³-hybridized carbons (Fsp3) is 0.455. The number of halogens is 2. The van der Waals surface area contributed by atoms with E-state index < -0.39 is 18.9 Å². The monoisotopic (exact) mass is 285 g/mol. The molecule has 2 aromatic rings. The summed E-state index contributed by atoms with van der Waals surface area (Å²) in [6, 6.07) is 0. The van der Waals surface area contributed by atoms with E-state index >= 15 is 0 Å². The molecule has 2 aromatic heterocycles. The maximum Gasteiger partial charge on any atom is 0.361 e. The van der Waals surface area contributed by atoms with Gasteiger partial charge in [0.05, 0.1) is 12.8 Å². The Kier molecular flexibility index (Phi) is 4.06. The van der Waals surface area contributed by atoms with Gasteiger partial charge in [-0.1, -0.05) is 5.21 Å². The molecular formula is C11H13F2N5O2. The predicted octanol–water partition coefficient (Wildman–Crippen LogP) is 1.12. The van der Waals surface area contributed by atoms with Gasteiger partial charge in [0.1, 0.15) is 12.2 Å². The van der Waals surface area contributed by atoms with Crippen LogP contribution in [0.15, 0.2) is 12.4 Å². The summed E-state index contributed by atoms with van der Waals surface area (Å²) >= 11 is 0. The SMILES string of the molecule is CCOC(=O)c1nnn(CC(F)F)c1-c1cnn(C)c1. The van der Waals surface area contributed by atoms with Crippen LogP contribution in [-0.4, -0.2) is 43.8 Å². The van der Waals surface area contributed by atoms with Gasteiger partial charge in [0.15, 0.2) is 5.69 Å². The van der Waals surface area contributed by atoms with Crippen LogP contribution < -0.4 is 0 Å². The minimum absolute atomic E-state index is 0.0968. The lowest BCUT2D eigenvalue weighted by molar-refractivity contribution is 0.0520. The van der Waals surface area contributed by atoms with Crippen molar-refractivity contribution in [1.29, 1.82) is 0 Å². The third kappa shape index (κ3) is 2.81. The van der Waals surface area contributed by atoms with Crippen LogP contribution in [0.5, 0.6) is 0 Å². The van der Waals surface area contributed by atoms with Crippen molar-refractivity contribution < 1.29 is 18.3 Å². The number of aromatic nitrogens is 5. The number of nitrogens with zero attached hydrogens (tertiary/aromatic N) is 5. The highest BCUT2D eigenvalue weighted by Gasteiger charge is 2.24. The van der Waals surface area contributed by atoms with E-state index in [1.807, 2.05) is 0 Å². The Bertz CT molecular complexity index is 608. The van der Waals surface area contributed by atoms with Crippen molar-refractivity contribution in [1.82, 2.24) is 24.8 Å². The third-order valence-electron chi connectivity index (χ3n) is 2.49. The van der Waals surface area contributed by atoms with E-state index in [1.54, 1.807) is 20.2 Å². The first kappa shape index (κ1) is 14.1. The number of rotatable bonds is 5. The topological polar surface area (TPSA) is 74.8 Å². The van der Waals surface area contributed by atoms with Crippen molar-refractivity contribution in [3.05, 3.63) is 18.1 Å². The maximum atomic E-state index is 12.6. The highest BCUT2D eigenvalue weighted by molar-refractivity contribution is 5.93. The fourth-order valence-electron chi connectivity index (χ4n) is 1.74. The van der Waals surface area contributed by atoms with Gasteiger partial charge in [-0.05, 0) is 6.92 Å². The number of hydrogen-bond acceptors (Lipinski definition) is 5. The van der Waals surface area contributed by atoms with Crippen molar-refractivity contribution in [3.8, 4) is 11.3 Å². The molecule has 2 rings (SSSR count). The first-order valence-electron chi connectivity index (χ1n) is 5.90. The van der Waals surface area contributed by atoms with Gasteiger partial charge >= 0.3 is 5.97 Å². The largest absolute Gasteiger partial charge is 0.461 e. The lowest BCUT2D eigenvalue weighted by Gasteiger charge is -2.05. The number of ether oxygens (including phenoxy) is 1. The van der Waals surface area contributed by atoms with Crippen molar-refractivity contribution in [2.24, 2.45) is 7.05 Å². The van der Waals surface area contributed by atoms with Crippen molar-refractivity contribution in [2.45, 2.75) is 19.9 Å². The zero-order chi connectivity index (χ0) is 14.7. The molecule has 0 aliphatic rings. The number of carbonyl (C=O) groups is 1. The molecule has 0 radical (unpaired) electrons. The number of carbonyl (C=O) groups excluding carboxylic acids is 1. The molecule has 9 heteroatoms. The van der Waals surface area contributed by atoms with Crippen LogP contribution in [0.25, 0.3) is 11.3 Å². The second-order valence-electron chi connectivity index (χ2n) is 3.98.